The van der Waals surface area contributed by atoms with Gasteiger partial charge in [0.15, 0.2) is 0 Å². The van der Waals surface area contributed by atoms with E-state index in [4.69, 9.17) is 0 Å². The minimum atomic E-state index is -0.376. The zero-order valence-electron chi connectivity index (χ0n) is 11.8. The molecule has 0 bridgehead atoms. The van der Waals surface area contributed by atoms with Crippen LogP contribution in [0, 0.1) is 0 Å². The number of amides is 1. The van der Waals surface area contributed by atoms with Crippen LogP contribution in [0.4, 0.5) is 0 Å². The number of aliphatic hydroxyl groups is 1. The second kappa shape index (κ2) is 5.74. The summed E-state index contributed by atoms with van der Waals surface area (Å²) in [5, 5.41) is 9.26. The lowest BCUT2D eigenvalue weighted by molar-refractivity contribution is -0.138. The van der Waals surface area contributed by atoms with Crippen LogP contribution in [0.3, 0.4) is 0 Å². The van der Waals surface area contributed by atoms with Gasteiger partial charge in [0, 0.05) is 7.05 Å². The second-order valence-corrected chi connectivity index (χ2v) is 5.60. The molecule has 1 aliphatic carbocycles. The van der Waals surface area contributed by atoms with Gasteiger partial charge in [0.05, 0.1) is 18.1 Å². The Balaban J connectivity index is 2.33. The third kappa shape index (κ3) is 2.52. The lowest BCUT2D eigenvalue weighted by Gasteiger charge is -2.35. The smallest absolute Gasteiger partial charge is 0.233 e. The summed E-state index contributed by atoms with van der Waals surface area (Å²) in [6.07, 6.45) is 4.03. The largest absolute Gasteiger partial charge is 0.394 e. The van der Waals surface area contributed by atoms with E-state index in [1.807, 2.05) is 25.1 Å². The van der Waals surface area contributed by atoms with Crippen LogP contribution in [-0.4, -0.2) is 35.6 Å². The molecule has 2 rings (SSSR count). The van der Waals surface area contributed by atoms with E-state index < -0.39 is 0 Å². The Hall–Kier alpha value is -1.35. The van der Waals surface area contributed by atoms with Crippen LogP contribution < -0.4 is 0 Å². The highest BCUT2D eigenvalue weighted by atomic mass is 16.3. The van der Waals surface area contributed by atoms with E-state index in [0.717, 1.165) is 31.2 Å². The standard InChI is InChI=1S/C16H23NO2/c1-13(12-18)17(2)15(19)16(10-6-7-11-16)14-8-4-3-5-9-14/h3-5,8-9,13,18H,6-7,10-12H2,1-2H3. The van der Waals surface area contributed by atoms with Crippen LogP contribution in [0.15, 0.2) is 30.3 Å². The molecule has 1 atom stereocenters. The SMILES string of the molecule is CC(CO)N(C)C(=O)C1(c2ccccc2)CCCC1. The summed E-state index contributed by atoms with van der Waals surface area (Å²) in [5.74, 6) is 0.151. The fourth-order valence-corrected chi connectivity index (χ4v) is 3.02. The van der Waals surface area contributed by atoms with Crippen molar-refractivity contribution >= 4 is 5.91 Å². The van der Waals surface area contributed by atoms with E-state index in [0.29, 0.717) is 0 Å². The van der Waals surface area contributed by atoms with E-state index in [1.54, 1.807) is 11.9 Å². The van der Waals surface area contributed by atoms with Crippen LogP contribution >= 0.6 is 0 Å². The number of likely N-dealkylation sites (N-methyl/N-ethyl adjacent to an activating group) is 1. The van der Waals surface area contributed by atoms with E-state index in [2.05, 4.69) is 12.1 Å². The summed E-state index contributed by atoms with van der Waals surface area (Å²) < 4.78 is 0. The zero-order chi connectivity index (χ0) is 13.9. The van der Waals surface area contributed by atoms with Crippen molar-refractivity contribution in [2.75, 3.05) is 13.7 Å². The average molecular weight is 261 g/mol. The molecule has 0 spiro atoms. The Morgan fingerprint density at radius 1 is 1.32 bits per heavy atom. The highest BCUT2D eigenvalue weighted by Gasteiger charge is 2.44. The maximum absolute atomic E-state index is 12.9. The van der Waals surface area contributed by atoms with Crippen molar-refractivity contribution in [1.82, 2.24) is 4.90 Å². The fourth-order valence-electron chi connectivity index (χ4n) is 3.02. The Bertz CT molecular complexity index is 424. The van der Waals surface area contributed by atoms with E-state index in [-0.39, 0.29) is 24.0 Å². The molecule has 1 N–H and O–H groups in total. The van der Waals surface area contributed by atoms with Gasteiger partial charge in [-0.3, -0.25) is 4.79 Å². The highest BCUT2D eigenvalue weighted by molar-refractivity contribution is 5.88. The lowest BCUT2D eigenvalue weighted by Crippen LogP contribution is -2.48. The maximum Gasteiger partial charge on any atom is 0.233 e. The molecule has 1 aromatic rings. The summed E-state index contributed by atoms with van der Waals surface area (Å²) in [5.41, 5.74) is 0.744. The molecule has 1 aromatic carbocycles. The fraction of sp³-hybridized carbons (Fsp3) is 0.562. The normalized spacial score (nSPS) is 19.1. The van der Waals surface area contributed by atoms with E-state index in [9.17, 15) is 9.90 Å². The van der Waals surface area contributed by atoms with Crippen molar-refractivity contribution in [2.45, 2.75) is 44.1 Å². The van der Waals surface area contributed by atoms with E-state index in [1.165, 1.54) is 0 Å². The van der Waals surface area contributed by atoms with E-state index >= 15 is 0 Å². The summed E-state index contributed by atoms with van der Waals surface area (Å²) >= 11 is 0. The van der Waals surface area contributed by atoms with Crippen molar-refractivity contribution in [3.8, 4) is 0 Å². The molecule has 1 saturated carbocycles. The molecule has 0 aromatic heterocycles. The number of hydrogen-bond acceptors (Lipinski definition) is 2. The van der Waals surface area contributed by atoms with Crippen molar-refractivity contribution in [1.29, 1.82) is 0 Å². The van der Waals surface area contributed by atoms with Crippen molar-refractivity contribution in [3.63, 3.8) is 0 Å². The van der Waals surface area contributed by atoms with Gasteiger partial charge in [0.25, 0.3) is 0 Å². The van der Waals surface area contributed by atoms with Crippen molar-refractivity contribution in [3.05, 3.63) is 35.9 Å². The lowest BCUT2D eigenvalue weighted by atomic mass is 9.77. The predicted octanol–water partition coefficient (Wildman–Crippen LogP) is 2.34. The van der Waals surface area contributed by atoms with Gasteiger partial charge < -0.3 is 10.0 Å². The van der Waals surface area contributed by atoms with Gasteiger partial charge in [-0.25, -0.2) is 0 Å². The predicted molar refractivity (Wildman–Crippen MR) is 75.9 cm³/mol. The second-order valence-electron chi connectivity index (χ2n) is 5.60. The first-order valence-corrected chi connectivity index (χ1v) is 7.05. The quantitative estimate of drug-likeness (QED) is 0.903. The molecule has 104 valence electrons. The van der Waals surface area contributed by atoms with Gasteiger partial charge in [-0.2, -0.15) is 0 Å². The Labute approximate surface area is 115 Å². The number of rotatable bonds is 4. The van der Waals surface area contributed by atoms with Crippen LogP contribution in [0.1, 0.15) is 38.2 Å². The number of aliphatic hydroxyl groups excluding tert-OH is 1. The Kier molecular flexibility index (Phi) is 4.25. The van der Waals surface area contributed by atoms with Crippen LogP contribution in [0.25, 0.3) is 0 Å². The molecule has 1 unspecified atom stereocenters. The summed E-state index contributed by atoms with van der Waals surface area (Å²) in [7, 11) is 1.80. The number of nitrogens with zero attached hydrogens (tertiary/aromatic N) is 1. The third-order valence-corrected chi connectivity index (χ3v) is 4.44. The molecule has 1 amide bonds. The molecule has 1 aliphatic rings. The van der Waals surface area contributed by atoms with Crippen molar-refractivity contribution in [2.24, 2.45) is 0 Å². The molecular formula is C16H23NO2. The Morgan fingerprint density at radius 2 is 1.89 bits per heavy atom. The number of carbonyl (C=O) groups excluding carboxylic acids is 1. The first kappa shape index (κ1) is 14.1. The van der Waals surface area contributed by atoms with Crippen molar-refractivity contribution < 1.29 is 9.90 Å². The van der Waals surface area contributed by atoms with Gasteiger partial charge in [-0.15, -0.1) is 0 Å². The topological polar surface area (TPSA) is 40.5 Å². The first-order valence-electron chi connectivity index (χ1n) is 7.05. The minimum Gasteiger partial charge on any atom is -0.394 e. The van der Waals surface area contributed by atoms with Gasteiger partial charge in [-0.1, -0.05) is 43.2 Å². The molecule has 1 fully saturated rings. The molecule has 0 heterocycles. The van der Waals surface area contributed by atoms with Crippen LogP contribution in [0.5, 0.6) is 0 Å². The molecule has 3 heteroatoms. The van der Waals surface area contributed by atoms with Gasteiger partial charge in [0.2, 0.25) is 5.91 Å². The number of carbonyl (C=O) groups is 1. The summed E-state index contributed by atoms with van der Waals surface area (Å²) in [6, 6.07) is 9.96. The first-order chi connectivity index (χ1) is 9.12. The third-order valence-electron chi connectivity index (χ3n) is 4.44. The van der Waals surface area contributed by atoms with Gasteiger partial charge in [-0.05, 0) is 25.3 Å². The van der Waals surface area contributed by atoms with Gasteiger partial charge in [0.1, 0.15) is 0 Å². The highest BCUT2D eigenvalue weighted by Crippen LogP contribution is 2.42. The molecule has 0 aliphatic heterocycles. The summed E-state index contributed by atoms with van der Waals surface area (Å²) in [4.78, 5) is 14.6. The average Bonchev–Trinajstić information content (AvgIpc) is 2.96. The molecule has 0 radical (unpaired) electrons. The molecule has 19 heavy (non-hydrogen) atoms. The number of benzene rings is 1. The van der Waals surface area contributed by atoms with Crippen LogP contribution in [0.2, 0.25) is 0 Å². The monoisotopic (exact) mass is 261 g/mol. The molecular weight excluding hydrogens is 238 g/mol. The minimum absolute atomic E-state index is 0.00705. The Morgan fingerprint density at radius 3 is 2.42 bits per heavy atom. The van der Waals surface area contributed by atoms with Crippen LogP contribution in [-0.2, 0) is 10.2 Å². The summed E-state index contributed by atoms with van der Waals surface area (Å²) in [6.45, 7) is 1.89. The van der Waals surface area contributed by atoms with Gasteiger partial charge >= 0.3 is 0 Å². The number of hydrogen-bond donors (Lipinski definition) is 1. The molecule has 3 nitrogen and oxygen atoms in total. The maximum atomic E-state index is 12.9. The molecule has 0 saturated heterocycles. The zero-order valence-corrected chi connectivity index (χ0v) is 11.8.